The fourth-order valence-electron chi connectivity index (χ4n) is 2.34. The highest BCUT2D eigenvalue weighted by Gasteiger charge is 2.24. The van der Waals surface area contributed by atoms with Gasteiger partial charge in [0.1, 0.15) is 6.17 Å². The molecule has 1 aliphatic heterocycles. The third-order valence-electron chi connectivity index (χ3n) is 3.61. The van der Waals surface area contributed by atoms with E-state index in [1.807, 2.05) is 0 Å². The third kappa shape index (κ3) is 3.56. The second-order valence-electron chi connectivity index (χ2n) is 4.52. The third-order valence-corrected chi connectivity index (χ3v) is 3.61. The van der Waals surface area contributed by atoms with E-state index in [0.717, 1.165) is 45.2 Å². The fraction of sp³-hybridized carbons (Fsp3) is 1.00. The molecule has 1 heterocycles. The molecule has 0 aromatic rings. The quantitative estimate of drug-likeness (QED) is 0.720. The Hall–Kier alpha value is -0.110. The minimum absolute atomic E-state index is 0.330. The molecule has 2 heteroatoms. The second kappa shape index (κ2) is 6.39. The van der Waals surface area contributed by atoms with E-state index in [-0.39, 0.29) is 0 Å². The van der Waals surface area contributed by atoms with Crippen LogP contribution in [0, 0.1) is 11.8 Å². The molecule has 0 aromatic carbocycles. The molecule has 0 amide bonds. The van der Waals surface area contributed by atoms with Gasteiger partial charge in [-0.05, 0) is 44.2 Å². The Balaban J connectivity index is 2.27. The van der Waals surface area contributed by atoms with Crippen LogP contribution in [0.15, 0.2) is 0 Å². The molecule has 1 fully saturated rings. The van der Waals surface area contributed by atoms with Gasteiger partial charge in [-0.2, -0.15) is 0 Å². The Morgan fingerprint density at radius 3 is 2.29 bits per heavy atom. The summed E-state index contributed by atoms with van der Waals surface area (Å²) in [5.41, 5.74) is 0. The maximum Gasteiger partial charge on any atom is 0.103 e. The molecular weight excluding hydrogens is 177 g/mol. The summed E-state index contributed by atoms with van der Waals surface area (Å²) in [4.78, 5) is 0. The molecule has 14 heavy (non-hydrogen) atoms. The number of nitrogens with one attached hydrogen (secondary N) is 1. The van der Waals surface area contributed by atoms with Crippen LogP contribution in [0.2, 0.25) is 0 Å². The normalized spacial score (nSPS) is 21.4. The van der Waals surface area contributed by atoms with E-state index in [9.17, 15) is 4.39 Å². The van der Waals surface area contributed by atoms with Gasteiger partial charge in [-0.25, -0.2) is 4.39 Å². The van der Waals surface area contributed by atoms with E-state index in [1.165, 1.54) is 0 Å². The van der Waals surface area contributed by atoms with Crippen LogP contribution >= 0.6 is 0 Å². The summed E-state index contributed by atoms with van der Waals surface area (Å²) in [5.74, 6) is 0.928. The fourth-order valence-corrected chi connectivity index (χ4v) is 2.34. The summed E-state index contributed by atoms with van der Waals surface area (Å²) in [6.07, 6.45) is 4.55. The zero-order chi connectivity index (χ0) is 10.4. The summed E-state index contributed by atoms with van der Waals surface area (Å²) in [5, 5.41) is 3.28. The molecule has 1 rings (SSSR count). The van der Waals surface area contributed by atoms with Crippen molar-refractivity contribution >= 4 is 0 Å². The van der Waals surface area contributed by atoms with Gasteiger partial charge >= 0.3 is 0 Å². The molecule has 1 unspecified atom stereocenters. The van der Waals surface area contributed by atoms with Gasteiger partial charge in [0.15, 0.2) is 0 Å². The van der Waals surface area contributed by atoms with E-state index >= 15 is 0 Å². The lowest BCUT2D eigenvalue weighted by Crippen LogP contribution is -2.33. The molecule has 0 aliphatic carbocycles. The highest BCUT2D eigenvalue weighted by atomic mass is 19.1. The molecule has 1 atom stereocenters. The number of halogens is 1. The van der Waals surface area contributed by atoms with Crippen LogP contribution in [0.5, 0.6) is 0 Å². The van der Waals surface area contributed by atoms with Gasteiger partial charge in [0.05, 0.1) is 0 Å². The lowest BCUT2D eigenvalue weighted by molar-refractivity contribution is 0.153. The number of hydrogen-bond donors (Lipinski definition) is 1. The molecule has 0 spiro atoms. The minimum Gasteiger partial charge on any atom is -0.317 e. The smallest absolute Gasteiger partial charge is 0.103 e. The monoisotopic (exact) mass is 201 g/mol. The van der Waals surface area contributed by atoms with Crippen molar-refractivity contribution < 1.29 is 4.39 Å². The van der Waals surface area contributed by atoms with Crippen molar-refractivity contribution in [2.75, 3.05) is 13.1 Å². The van der Waals surface area contributed by atoms with Gasteiger partial charge in [0, 0.05) is 0 Å². The van der Waals surface area contributed by atoms with Gasteiger partial charge in [0.25, 0.3) is 0 Å². The summed E-state index contributed by atoms with van der Waals surface area (Å²) in [6.45, 7) is 6.36. The van der Waals surface area contributed by atoms with Gasteiger partial charge in [-0.1, -0.05) is 26.7 Å². The highest BCUT2D eigenvalue weighted by Crippen LogP contribution is 2.26. The average molecular weight is 201 g/mol. The van der Waals surface area contributed by atoms with E-state index in [4.69, 9.17) is 0 Å². The number of piperidine rings is 1. The Labute approximate surface area is 87.5 Å². The van der Waals surface area contributed by atoms with Gasteiger partial charge in [-0.15, -0.1) is 0 Å². The maximum atomic E-state index is 13.9. The van der Waals surface area contributed by atoms with E-state index in [0.29, 0.717) is 11.8 Å². The zero-order valence-corrected chi connectivity index (χ0v) is 9.56. The van der Waals surface area contributed by atoms with Crippen LogP contribution in [-0.2, 0) is 0 Å². The van der Waals surface area contributed by atoms with Crippen molar-refractivity contribution in [2.24, 2.45) is 11.8 Å². The van der Waals surface area contributed by atoms with Crippen molar-refractivity contribution in [3.8, 4) is 0 Å². The molecule has 0 radical (unpaired) electrons. The Morgan fingerprint density at radius 2 is 1.79 bits per heavy atom. The van der Waals surface area contributed by atoms with Crippen molar-refractivity contribution in [1.29, 1.82) is 0 Å². The predicted octanol–water partition coefficient (Wildman–Crippen LogP) is 3.15. The van der Waals surface area contributed by atoms with E-state index < -0.39 is 6.17 Å². The summed E-state index contributed by atoms with van der Waals surface area (Å²) >= 11 is 0. The van der Waals surface area contributed by atoms with Crippen LogP contribution in [0.1, 0.15) is 46.0 Å². The van der Waals surface area contributed by atoms with E-state index in [1.54, 1.807) is 0 Å². The Morgan fingerprint density at radius 1 is 1.21 bits per heavy atom. The first-order valence-corrected chi connectivity index (χ1v) is 6.12. The highest BCUT2D eigenvalue weighted by molar-refractivity contribution is 4.77. The number of alkyl halides is 1. The molecule has 1 saturated heterocycles. The first-order valence-electron chi connectivity index (χ1n) is 6.12. The minimum atomic E-state index is -0.554. The standard InChI is InChI=1S/C12H24FN/c1-3-10(4-2)9-12(13)11-5-7-14-8-6-11/h10-12,14H,3-9H2,1-2H3. The van der Waals surface area contributed by atoms with Crippen molar-refractivity contribution in [2.45, 2.75) is 52.1 Å². The summed E-state index contributed by atoms with van der Waals surface area (Å²) < 4.78 is 13.9. The van der Waals surface area contributed by atoms with Gasteiger partial charge in [0.2, 0.25) is 0 Å². The van der Waals surface area contributed by atoms with Crippen LogP contribution in [0.25, 0.3) is 0 Å². The molecule has 1 aliphatic rings. The maximum absolute atomic E-state index is 13.9. The first-order chi connectivity index (χ1) is 6.77. The number of rotatable bonds is 5. The zero-order valence-electron chi connectivity index (χ0n) is 9.56. The van der Waals surface area contributed by atoms with Crippen LogP contribution < -0.4 is 5.32 Å². The van der Waals surface area contributed by atoms with Crippen molar-refractivity contribution in [3.63, 3.8) is 0 Å². The molecular formula is C12H24FN. The van der Waals surface area contributed by atoms with Crippen LogP contribution in [-0.4, -0.2) is 19.3 Å². The molecule has 0 bridgehead atoms. The van der Waals surface area contributed by atoms with Gasteiger partial charge in [-0.3, -0.25) is 0 Å². The summed E-state index contributed by atoms with van der Waals surface area (Å²) in [6, 6.07) is 0. The molecule has 1 N–H and O–H groups in total. The molecule has 0 aromatic heterocycles. The lowest BCUT2D eigenvalue weighted by atomic mass is 9.86. The topological polar surface area (TPSA) is 12.0 Å². The SMILES string of the molecule is CCC(CC)CC(F)C1CCNCC1. The van der Waals surface area contributed by atoms with Crippen molar-refractivity contribution in [3.05, 3.63) is 0 Å². The van der Waals surface area contributed by atoms with Crippen LogP contribution in [0.4, 0.5) is 4.39 Å². The van der Waals surface area contributed by atoms with E-state index in [2.05, 4.69) is 19.2 Å². The average Bonchev–Trinajstić information content (AvgIpc) is 2.26. The lowest BCUT2D eigenvalue weighted by Gasteiger charge is -2.27. The molecule has 0 saturated carbocycles. The van der Waals surface area contributed by atoms with Crippen LogP contribution in [0.3, 0.4) is 0 Å². The first kappa shape index (κ1) is 12.0. The second-order valence-corrected chi connectivity index (χ2v) is 4.52. The summed E-state index contributed by atoms with van der Waals surface area (Å²) in [7, 11) is 0. The van der Waals surface area contributed by atoms with Crippen molar-refractivity contribution in [1.82, 2.24) is 5.32 Å². The molecule has 1 nitrogen and oxygen atoms in total. The predicted molar refractivity (Wildman–Crippen MR) is 59.2 cm³/mol. The van der Waals surface area contributed by atoms with Gasteiger partial charge < -0.3 is 5.32 Å². The molecule has 84 valence electrons. The Bertz CT molecular complexity index is 139. The largest absolute Gasteiger partial charge is 0.317 e. The Kier molecular flexibility index (Phi) is 5.46. The number of hydrogen-bond acceptors (Lipinski definition) is 1.